The first-order chi connectivity index (χ1) is 13.7. The van der Waals surface area contributed by atoms with Crippen LogP contribution in [0.2, 0.25) is 0 Å². The van der Waals surface area contributed by atoms with Gasteiger partial charge in [-0.05, 0) is 38.1 Å². The fourth-order valence-electron chi connectivity index (χ4n) is 4.40. The van der Waals surface area contributed by atoms with Gasteiger partial charge in [0.1, 0.15) is 0 Å². The molecular formula is C22H41N3O2S. The number of rotatable bonds is 13. The quantitative estimate of drug-likeness (QED) is 0.448. The van der Waals surface area contributed by atoms with Crippen LogP contribution in [0.25, 0.3) is 0 Å². The molecule has 5 nitrogen and oxygen atoms in total. The van der Waals surface area contributed by atoms with E-state index in [1.165, 1.54) is 51.4 Å². The lowest BCUT2D eigenvalue weighted by molar-refractivity contribution is -0.132. The van der Waals surface area contributed by atoms with Gasteiger partial charge in [-0.25, -0.2) is 0 Å². The molecule has 1 unspecified atom stereocenters. The van der Waals surface area contributed by atoms with Crippen molar-refractivity contribution in [2.75, 3.05) is 24.7 Å². The average Bonchev–Trinajstić information content (AvgIpc) is 3.16. The molecule has 2 fully saturated rings. The minimum atomic E-state index is 0.0803. The summed E-state index contributed by atoms with van der Waals surface area (Å²) in [7, 11) is 0. The summed E-state index contributed by atoms with van der Waals surface area (Å²) < 4.78 is 0. The van der Waals surface area contributed by atoms with Crippen LogP contribution >= 0.6 is 11.8 Å². The number of unbranched alkanes of at least 4 members (excludes halogenated alkanes) is 4. The van der Waals surface area contributed by atoms with Crippen molar-refractivity contribution >= 4 is 23.6 Å². The lowest BCUT2D eigenvalue weighted by atomic mass is 9.86. The molecular weight excluding hydrogens is 370 g/mol. The van der Waals surface area contributed by atoms with Crippen LogP contribution in [0.3, 0.4) is 0 Å². The molecule has 1 heterocycles. The van der Waals surface area contributed by atoms with Gasteiger partial charge in [-0.3, -0.25) is 9.59 Å². The number of thioether (sulfide) groups is 1. The molecule has 1 saturated carbocycles. The van der Waals surface area contributed by atoms with E-state index in [0.717, 1.165) is 56.3 Å². The molecule has 0 aromatic carbocycles. The normalized spacial score (nSPS) is 20.5. The van der Waals surface area contributed by atoms with Crippen molar-refractivity contribution in [2.24, 2.45) is 11.7 Å². The standard InChI is InChI=1S/C22H41N3O2S/c23-14-7-2-1-3-8-15-24-21(26)16-20-17-28-18-25(20)22(27)13-9-12-19-10-5-4-6-11-19/h19-20H,1-18,23H2,(H,24,26). The molecule has 0 bridgehead atoms. The minimum absolute atomic E-state index is 0.0803. The number of hydrogen-bond donors (Lipinski definition) is 2. The van der Waals surface area contributed by atoms with Crippen molar-refractivity contribution in [3.05, 3.63) is 0 Å². The molecule has 3 N–H and O–H groups in total. The van der Waals surface area contributed by atoms with Gasteiger partial charge in [0.25, 0.3) is 0 Å². The molecule has 2 amide bonds. The van der Waals surface area contributed by atoms with Crippen molar-refractivity contribution < 1.29 is 9.59 Å². The molecule has 1 saturated heterocycles. The summed E-state index contributed by atoms with van der Waals surface area (Å²) in [6.45, 7) is 1.52. The van der Waals surface area contributed by atoms with Crippen molar-refractivity contribution in [1.82, 2.24) is 10.2 Å². The Morgan fingerprint density at radius 2 is 1.75 bits per heavy atom. The van der Waals surface area contributed by atoms with Gasteiger partial charge in [-0.1, -0.05) is 51.4 Å². The van der Waals surface area contributed by atoms with Gasteiger partial charge in [0.15, 0.2) is 0 Å². The maximum absolute atomic E-state index is 12.6. The molecule has 0 aromatic heterocycles. The predicted octanol–water partition coefficient (Wildman–Crippen LogP) is 4.05. The van der Waals surface area contributed by atoms with Crippen LogP contribution in [0.5, 0.6) is 0 Å². The molecule has 2 rings (SSSR count). The van der Waals surface area contributed by atoms with Crippen LogP contribution in [0, 0.1) is 5.92 Å². The van der Waals surface area contributed by atoms with Gasteiger partial charge in [0.05, 0.1) is 11.9 Å². The first kappa shape index (κ1) is 23.5. The summed E-state index contributed by atoms with van der Waals surface area (Å²) in [5.74, 6) is 2.82. The highest BCUT2D eigenvalue weighted by molar-refractivity contribution is 7.99. The third-order valence-electron chi connectivity index (χ3n) is 6.15. The summed E-state index contributed by atoms with van der Waals surface area (Å²) in [6.07, 6.45) is 15.8. The highest BCUT2D eigenvalue weighted by Crippen LogP contribution is 2.29. The summed E-state index contributed by atoms with van der Waals surface area (Å²) in [6, 6.07) is 0.0803. The third-order valence-corrected chi connectivity index (χ3v) is 7.23. The number of nitrogens with one attached hydrogen (secondary N) is 1. The largest absolute Gasteiger partial charge is 0.356 e. The zero-order chi connectivity index (χ0) is 20.0. The highest BCUT2D eigenvalue weighted by atomic mass is 32.2. The van der Waals surface area contributed by atoms with Crippen LogP contribution < -0.4 is 11.1 Å². The fourth-order valence-corrected chi connectivity index (χ4v) is 5.63. The SMILES string of the molecule is NCCCCCCCNC(=O)CC1CSCN1C(=O)CCCC1CCCCC1. The number of carbonyl (C=O) groups excluding carboxylic acids is 2. The number of carbonyl (C=O) groups is 2. The monoisotopic (exact) mass is 411 g/mol. The van der Waals surface area contributed by atoms with Crippen molar-refractivity contribution in [1.29, 1.82) is 0 Å². The maximum Gasteiger partial charge on any atom is 0.223 e. The maximum atomic E-state index is 12.6. The lowest BCUT2D eigenvalue weighted by Gasteiger charge is -2.25. The Balaban J connectivity index is 1.57. The van der Waals surface area contributed by atoms with Gasteiger partial charge in [-0.15, -0.1) is 11.8 Å². The van der Waals surface area contributed by atoms with Gasteiger partial charge >= 0.3 is 0 Å². The van der Waals surface area contributed by atoms with E-state index in [1.807, 2.05) is 4.90 Å². The minimum Gasteiger partial charge on any atom is -0.356 e. The molecule has 0 spiro atoms. The average molecular weight is 412 g/mol. The molecule has 0 aromatic rings. The molecule has 6 heteroatoms. The molecule has 28 heavy (non-hydrogen) atoms. The van der Waals surface area contributed by atoms with E-state index < -0.39 is 0 Å². The topological polar surface area (TPSA) is 75.4 Å². The van der Waals surface area contributed by atoms with E-state index in [0.29, 0.717) is 12.8 Å². The lowest BCUT2D eigenvalue weighted by Crippen LogP contribution is -2.40. The first-order valence-corrected chi connectivity index (χ1v) is 12.7. The summed E-state index contributed by atoms with van der Waals surface area (Å²) in [5, 5.41) is 3.04. The van der Waals surface area contributed by atoms with Gasteiger partial charge in [-0.2, -0.15) is 0 Å². The van der Waals surface area contributed by atoms with Crippen molar-refractivity contribution in [3.63, 3.8) is 0 Å². The van der Waals surface area contributed by atoms with Crippen LogP contribution in [0.4, 0.5) is 0 Å². The number of nitrogens with two attached hydrogens (primary N) is 1. The van der Waals surface area contributed by atoms with Crippen LogP contribution in [0.15, 0.2) is 0 Å². The first-order valence-electron chi connectivity index (χ1n) is 11.5. The Hall–Kier alpha value is -0.750. The second kappa shape index (κ2) is 14.3. The zero-order valence-electron chi connectivity index (χ0n) is 17.6. The Kier molecular flexibility index (Phi) is 12.0. The summed E-state index contributed by atoms with van der Waals surface area (Å²) >= 11 is 1.78. The van der Waals surface area contributed by atoms with E-state index in [2.05, 4.69) is 5.32 Å². The summed E-state index contributed by atoms with van der Waals surface area (Å²) in [4.78, 5) is 26.8. The van der Waals surface area contributed by atoms with E-state index >= 15 is 0 Å². The van der Waals surface area contributed by atoms with E-state index in [4.69, 9.17) is 5.73 Å². The van der Waals surface area contributed by atoms with E-state index in [1.54, 1.807) is 11.8 Å². The Morgan fingerprint density at radius 1 is 1.00 bits per heavy atom. The molecule has 1 aliphatic carbocycles. The molecule has 1 aliphatic heterocycles. The Morgan fingerprint density at radius 3 is 2.54 bits per heavy atom. The van der Waals surface area contributed by atoms with Gasteiger partial charge in [0.2, 0.25) is 11.8 Å². The summed E-state index contributed by atoms with van der Waals surface area (Å²) in [5.41, 5.74) is 5.49. The van der Waals surface area contributed by atoms with Gasteiger partial charge in [0, 0.05) is 25.1 Å². The number of hydrogen-bond acceptors (Lipinski definition) is 4. The smallest absolute Gasteiger partial charge is 0.223 e. The van der Waals surface area contributed by atoms with Crippen LogP contribution in [0.1, 0.15) is 89.9 Å². The molecule has 0 radical (unpaired) electrons. The van der Waals surface area contributed by atoms with E-state index in [-0.39, 0.29) is 17.9 Å². The molecule has 2 aliphatic rings. The number of nitrogens with zero attached hydrogens (tertiary/aromatic N) is 1. The number of amides is 2. The van der Waals surface area contributed by atoms with Gasteiger partial charge < -0.3 is 16.0 Å². The second-order valence-electron chi connectivity index (χ2n) is 8.52. The van der Waals surface area contributed by atoms with Crippen LogP contribution in [-0.4, -0.2) is 47.5 Å². The highest BCUT2D eigenvalue weighted by Gasteiger charge is 2.30. The fraction of sp³-hybridized carbons (Fsp3) is 0.909. The molecule has 1 atom stereocenters. The zero-order valence-corrected chi connectivity index (χ0v) is 18.4. The van der Waals surface area contributed by atoms with E-state index in [9.17, 15) is 9.59 Å². The predicted molar refractivity (Wildman–Crippen MR) is 118 cm³/mol. The molecule has 162 valence electrons. The third kappa shape index (κ3) is 9.17. The van der Waals surface area contributed by atoms with Crippen molar-refractivity contribution in [3.8, 4) is 0 Å². The Bertz CT molecular complexity index is 455. The second-order valence-corrected chi connectivity index (χ2v) is 9.52. The van der Waals surface area contributed by atoms with Crippen molar-refractivity contribution in [2.45, 2.75) is 95.9 Å². The van der Waals surface area contributed by atoms with Crippen LogP contribution in [-0.2, 0) is 9.59 Å². The Labute approximate surface area is 175 Å².